The van der Waals surface area contributed by atoms with Gasteiger partial charge in [-0.05, 0) is 48.6 Å². The summed E-state index contributed by atoms with van der Waals surface area (Å²) in [6.45, 7) is 6.06. The summed E-state index contributed by atoms with van der Waals surface area (Å²) in [7, 11) is 1.61. The molecule has 34 heavy (non-hydrogen) atoms. The van der Waals surface area contributed by atoms with Crippen LogP contribution in [0, 0.1) is 11.3 Å². The fraction of sp³-hybridized carbons (Fsp3) is 0.333. The van der Waals surface area contributed by atoms with Crippen molar-refractivity contribution in [2.24, 2.45) is 16.3 Å². The normalized spacial score (nSPS) is 21.8. The lowest BCUT2D eigenvalue weighted by atomic mass is 9.66. The highest BCUT2D eigenvalue weighted by Gasteiger charge is 2.45. The van der Waals surface area contributed by atoms with Crippen LogP contribution in [0.2, 0.25) is 0 Å². The van der Waals surface area contributed by atoms with Crippen molar-refractivity contribution < 1.29 is 14.3 Å². The lowest BCUT2D eigenvalue weighted by Crippen LogP contribution is -2.41. The number of aliphatic imine (C=N–C) groups is 1. The van der Waals surface area contributed by atoms with Crippen molar-refractivity contribution in [3.05, 3.63) is 65.4 Å². The average molecular weight is 474 g/mol. The van der Waals surface area contributed by atoms with E-state index in [-0.39, 0.29) is 17.1 Å². The minimum Gasteiger partial charge on any atom is -0.497 e. The highest BCUT2D eigenvalue weighted by Crippen LogP contribution is 2.48. The zero-order valence-corrected chi connectivity index (χ0v) is 20.5. The Morgan fingerprint density at radius 2 is 1.94 bits per heavy atom. The minimum atomic E-state index is -0.622. The van der Waals surface area contributed by atoms with E-state index in [1.807, 2.05) is 55.5 Å². The Morgan fingerprint density at radius 1 is 1.15 bits per heavy atom. The number of Topliss-reactive ketones (excluding diaryl/α,β-unsaturated/α-hetero) is 1. The Hall–Kier alpha value is -3.32. The zero-order valence-electron chi connectivity index (χ0n) is 19.7. The number of ketones is 1. The van der Waals surface area contributed by atoms with E-state index >= 15 is 0 Å². The van der Waals surface area contributed by atoms with Gasteiger partial charge in [0, 0.05) is 29.3 Å². The fourth-order valence-corrected chi connectivity index (χ4v) is 5.96. The number of anilines is 1. The number of carbonyl (C=O) groups excluding carboxylic acids is 2. The molecule has 0 saturated heterocycles. The van der Waals surface area contributed by atoms with Crippen molar-refractivity contribution in [3.8, 4) is 5.75 Å². The number of thiazole rings is 1. The molecular weight excluding hydrogens is 446 g/mol. The first-order chi connectivity index (χ1) is 16.3. The number of amides is 1. The summed E-state index contributed by atoms with van der Waals surface area (Å²) in [4.78, 5) is 36.5. The molecule has 1 N–H and O–H groups in total. The second-order valence-electron chi connectivity index (χ2n) is 9.76. The third-order valence-corrected chi connectivity index (χ3v) is 7.51. The predicted molar refractivity (Wildman–Crippen MR) is 136 cm³/mol. The molecular formula is C27H27N3O3S. The van der Waals surface area contributed by atoms with Crippen LogP contribution in [0.5, 0.6) is 5.75 Å². The van der Waals surface area contributed by atoms with E-state index in [0.717, 1.165) is 21.5 Å². The zero-order chi connectivity index (χ0) is 24.0. The monoisotopic (exact) mass is 473 g/mol. The number of hydrogen-bond acceptors (Lipinski definition) is 6. The molecule has 6 nitrogen and oxygen atoms in total. The van der Waals surface area contributed by atoms with E-state index < -0.39 is 11.8 Å². The van der Waals surface area contributed by atoms with Gasteiger partial charge < -0.3 is 10.1 Å². The second-order valence-corrected chi connectivity index (χ2v) is 10.8. The molecule has 174 valence electrons. The van der Waals surface area contributed by atoms with Gasteiger partial charge in [-0.25, -0.2) is 4.98 Å². The van der Waals surface area contributed by atoms with E-state index in [1.54, 1.807) is 7.11 Å². The van der Waals surface area contributed by atoms with Crippen LogP contribution in [0.3, 0.4) is 0 Å². The Balaban J connectivity index is 1.58. The first-order valence-electron chi connectivity index (χ1n) is 11.4. The number of nitrogens with zero attached hydrogens (tertiary/aromatic N) is 2. The van der Waals surface area contributed by atoms with Crippen LogP contribution in [0.4, 0.5) is 5.13 Å². The Labute approximate surface area is 202 Å². The van der Waals surface area contributed by atoms with Crippen LogP contribution in [-0.2, 0) is 9.59 Å². The average Bonchev–Trinajstić information content (AvgIpc) is 3.19. The first-order valence-corrected chi connectivity index (χ1v) is 12.2. The summed E-state index contributed by atoms with van der Waals surface area (Å²) in [6.07, 6.45) is 1.14. The van der Waals surface area contributed by atoms with Crippen molar-refractivity contribution in [2.45, 2.75) is 39.5 Å². The van der Waals surface area contributed by atoms with Crippen molar-refractivity contribution in [1.29, 1.82) is 0 Å². The number of hydrogen-bond donors (Lipinski definition) is 1. The maximum Gasteiger partial charge on any atom is 0.235 e. The summed E-state index contributed by atoms with van der Waals surface area (Å²) in [5.41, 5.74) is 3.72. The van der Waals surface area contributed by atoms with Gasteiger partial charge in [-0.15, -0.1) is 0 Å². The summed E-state index contributed by atoms with van der Waals surface area (Å²) >= 11 is 1.44. The Bertz CT molecular complexity index is 1340. The molecule has 1 aliphatic carbocycles. The maximum absolute atomic E-state index is 13.7. The molecule has 0 spiro atoms. The van der Waals surface area contributed by atoms with Crippen molar-refractivity contribution >= 4 is 44.1 Å². The molecule has 2 aromatic carbocycles. The number of para-hydroxylation sites is 1. The third kappa shape index (κ3) is 4.05. The second kappa shape index (κ2) is 8.47. The van der Waals surface area contributed by atoms with Crippen LogP contribution in [0.1, 0.15) is 45.1 Å². The molecule has 2 aliphatic rings. The van der Waals surface area contributed by atoms with E-state index in [0.29, 0.717) is 35.0 Å². The number of allylic oxidation sites excluding steroid dienone is 2. The number of benzene rings is 2. The number of rotatable bonds is 4. The molecule has 7 heteroatoms. The van der Waals surface area contributed by atoms with Crippen LogP contribution in [0.15, 0.2) is 64.8 Å². The van der Waals surface area contributed by atoms with Gasteiger partial charge in [0.25, 0.3) is 0 Å². The Morgan fingerprint density at radius 3 is 2.71 bits per heavy atom. The van der Waals surface area contributed by atoms with Gasteiger partial charge in [0.15, 0.2) is 10.9 Å². The van der Waals surface area contributed by atoms with Crippen molar-refractivity contribution in [3.63, 3.8) is 0 Å². The summed E-state index contributed by atoms with van der Waals surface area (Å²) < 4.78 is 6.46. The van der Waals surface area contributed by atoms with Gasteiger partial charge in [-0.3, -0.25) is 14.6 Å². The van der Waals surface area contributed by atoms with Gasteiger partial charge in [0.1, 0.15) is 5.75 Å². The van der Waals surface area contributed by atoms with Gasteiger partial charge >= 0.3 is 0 Å². The van der Waals surface area contributed by atoms with Crippen LogP contribution in [-0.4, -0.2) is 29.5 Å². The van der Waals surface area contributed by atoms with Gasteiger partial charge in [0.2, 0.25) is 5.91 Å². The molecule has 0 bridgehead atoms. The summed E-state index contributed by atoms with van der Waals surface area (Å²) in [5, 5.41) is 3.55. The van der Waals surface area contributed by atoms with Crippen LogP contribution >= 0.6 is 11.3 Å². The smallest absolute Gasteiger partial charge is 0.235 e. The molecule has 1 amide bonds. The van der Waals surface area contributed by atoms with E-state index in [9.17, 15) is 9.59 Å². The topological polar surface area (TPSA) is 80.6 Å². The molecule has 1 unspecified atom stereocenters. The molecule has 0 fully saturated rings. The lowest BCUT2D eigenvalue weighted by Gasteiger charge is -2.39. The Kier molecular flexibility index (Phi) is 5.60. The fourth-order valence-electron chi connectivity index (χ4n) is 5.09. The SMILES string of the molecule is COc1cccc([C@@H]2C3=C(CC(C)(C)CC3=O)N=C(C)C2C(=O)Nc2nc3ccccc3s2)c1. The summed E-state index contributed by atoms with van der Waals surface area (Å²) in [5.74, 6) is -0.511. The molecule has 3 aromatic rings. The quantitative estimate of drug-likeness (QED) is 0.522. The number of methoxy groups -OCH3 is 1. The third-order valence-electron chi connectivity index (χ3n) is 6.56. The van der Waals surface area contributed by atoms with E-state index in [2.05, 4.69) is 24.1 Å². The van der Waals surface area contributed by atoms with Gasteiger partial charge in [-0.1, -0.05) is 49.4 Å². The molecule has 1 aromatic heterocycles. The van der Waals surface area contributed by atoms with E-state index in [4.69, 9.17) is 9.73 Å². The maximum atomic E-state index is 13.7. The van der Waals surface area contributed by atoms with Crippen molar-refractivity contribution in [1.82, 2.24) is 4.98 Å². The first kappa shape index (κ1) is 22.5. The largest absolute Gasteiger partial charge is 0.497 e. The lowest BCUT2D eigenvalue weighted by molar-refractivity contribution is -0.119. The molecule has 0 radical (unpaired) electrons. The standard InChI is InChI=1S/C27H27N3O3S/c1-15-22(25(32)30-26-29-18-10-5-6-11-21(18)34-26)23(16-8-7-9-17(12-16)33-4)24-19(28-15)13-27(2,3)14-20(24)31/h5-12,22-23H,13-14H2,1-4H3,(H,29,30,32)/t22?,23-/m0/s1. The van der Waals surface area contributed by atoms with Gasteiger partial charge in [0.05, 0.1) is 23.2 Å². The summed E-state index contributed by atoms with van der Waals surface area (Å²) in [6, 6.07) is 15.4. The molecule has 5 rings (SSSR count). The van der Waals surface area contributed by atoms with Gasteiger partial charge in [-0.2, -0.15) is 0 Å². The number of carbonyl (C=O) groups is 2. The highest BCUT2D eigenvalue weighted by molar-refractivity contribution is 7.22. The van der Waals surface area contributed by atoms with E-state index in [1.165, 1.54) is 11.3 Å². The van der Waals surface area contributed by atoms with Crippen LogP contribution in [0.25, 0.3) is 10.2 Å². The molecule has 1 aliphatic heterocycles. The van der Waals surface area contributed by atoms with Crippen LogP contribution < -0.4 is 10.1 Å². The van der Waals surface area contributed by atoms with Crippen molar-refractivity contribution in [2.75, 3.05) is 12.4 Å². The molecule has 2 atom stereocenters. The number of ether oxygens (including phenoxy) is 1. The number of fused-ring (bicyclic) bond motifs is 1. The number of nitrogens with one attached hydrogen (secondary N) is 1. The molecule has 0 saturated carbocycles. The molecule has 2 heterocycles. The highest BCUT2D eigenvalue weighted by atomic mass is 32.1. The predicted octanol–water partition coefficient (Wildman–Crippen LogP) is 5.76. The minimum absolute atomic E-state index is 0.0631. The number of aromatic nitrogens is 1.